The van der Waals surface area contributed by atoms with Crippen molar-refractivity contribution in [3.8, 4) is 5.75 Å². The van der Waals surface area contributed by atoms with Crippen LogP contribution in [0.2, 0.25) is 0 Å². The number of aromatic nitrogens is 6. The molecule has 4 heterocycles. The Bertz CT molecular complexity index is 1360. The number of fused-ring (bicyclic) bond motifs is 3. The zero-order chi connectivity index (χ0) is 23.4. The van der Waals surface area contributed by atoms with E-state index in [-0.39, 0.29) is 23.7 Å². The number of nitrogens with zero attached hydrogens (tertiary/aromatic N) is 7. The van der Waals surface area contributed by atoms with E-state index in [1.54, 1.807) is 0 Å². The molecular weight excluding hydrogens is 439 g/mol. The number of rotatable bonds is 5. The van der Waals surface area contributed by atoms with Crippen LogP contribution in [0.1, 0.15) is 37.4 Å². The lowest BCUT2D eigenvalue weighted by Crippen LogP contribution is -2.34. The zero-order valence-corrected chi connectivity index (χ0v) is 18.9. The molecule has 6 rings (SSSR count). The lowest BCUT2D eigenvalue weighted by atomic mass is 9.82. The molecule has 1 atom stereocenters. The van der Waals surface area contributed by atoms with E-state index in [0.717, 1.165) is 51.0 Å². The molecule has 11 heteroatoms. The van der Waals surface area contributed by atoms with E-state index in [1.807, 2.05) is 10.9 Å². The highest BCUT2D eigenvalue weighted by Crippen LogP contribution is 2.32. The lowest BCUT2D eigenvalue weighted by molar-refractivity contribution is 0.0337. The SMILES string of the molecule is COc1cc2nc(N)n3nc([C@@H]4CCCN(c5cnn(C[C@H]6C[C@@H](O)C6)c5)C4)nc3c2cc1F. The van der Waals surface area contributed by atoms with E-state index in [1.165, 1.54) is 23.8 Å². The molecule has 3 aromatic heterocycles. The second-order valence-corrected chi connectivity index (χ2v) is 9.38. The number of aliphatic hydroxyl groups excluding tert-OH is 1. The van der Waals surface area contributed by atoms with Crippen molar-refractivity contribution in [1.29, 1.82) is 0 Å². The largest absolute Gasteiger partial charge is 0.494 e. The average Bonchev–Trinajstić information content (AvgIpc) is 3.47. The molecule has 0 bridgehead atoms. The Kier molecular flexibility index (Phi) is 5.01. The fourth-order valence-corrected chi connectivity index (χ4v) is 5.13. The summed E-state index contributed by atoms with van der Waals surface area (Å²) in [6, 6.07) is 2.90. The van der Waals surface area contributed by atoms with Crippen LogP contribution in [0.4, 0.5) is 16.0 Å². The minimum atomic E-state index is -0.481. The Hall–Kier alpha value is -3.47. The molecule has 0 radical (unpaired) electrons. The first-order valence-electron chi connectivity index (χ1n) is 11.6. The fourth-order valence-electron chi connectivity index (χ4n) is 5.13. The summed E-state index contributed by atoms with van der Waals surface area (Å²) in [6.07, 6.45) is 7.49. The van der Waals surface area contributed by atoms with Gasteiger partial charge in [0.05, 0.1) is 30.6 Å². The van der Waals surface area contributed by atoms with Gasteiger partial charge in [-0.15, -0.1) is 5.10 Å². The highest BCUT2D eigenvalue weighted by molar-refractivity contribution is 5.93. The van der Waals surface area contributed by atoms with Gasteiger partial charge in [0.1, 0.15) is 0 Å². The van der Waals surface area contributed by atoms with Crippen molar-refractivity contribution >= 4 is 28.2 Å². The van der Waals surface area contributed by atoms with Gasteiger partial charge in [0.15, 0.2) is 23.0 Å². The molecule has 2 fully saturated rings. The van der Waals surface area contributed by atoms with Gasteiger partial charge < -0.3 is 20.5 Å². The van der Waals surface area contributed by atoms with Crippen LogP contribution in [0.15, 0.2) is 24.5 Å². The molecule has 1 saturated carbocycles. The minimum Gasteiger partial charge on any atom is -0.494 e. The Labute approximate surface area is 195 Å². The molecular formula is C23H27FN8O2. The summed E-state index contributed by atoms with van der Waals surface area (Å²) in [5, 5.41) is 19.2. The van der Waals surface area contributed by atoms with Gasteiger partial charge >= 0.3 is 0 Å². The molecule has 10 nitrogen and oxygen atoms in total. The van der Waals surface area contributed by atoms with Crippen molar-refractivity contribution in [3.63, 3.8) is 0 Å². The van der Waals surface area contributed by atoms with Gasteiger partial charge in [0, 0.05) is 43.2 Å². The zero-order valence-electron chi connectivity index (χ0n) is 18.9. The van der Waals surface area contributed by atoms with Gasteiger partial charge in [-0.05, 0) is 37.7 Å². The van der Waals surface area contributed by atoms with Gasteiger partial charge in [0.2, 0.25) is 5.95 Å². The third-order valence-corrected chi connectivity index (χ3v) is 7.01. The third kappa shape index (κ3) is 3.60. The maximum Gasteiger partial charge on any atom is 0.223 e. The Morgan fingerprint density at radius 3 is 2.91 bits per heavy atom. The molecule has 2 aliphatic rings. The van der Waals surface area contributed by atoms with Crippen molar-refractivity contribution < 1.29 is 14.2 Å². The molecule has 0 unspecified atom stereocenters. The summed E-state index contributed by atoms with van der Waals surface area (Å²) in [6.45, 7) is 2.54. The molecule has 4 aromatic rings. The van der Waals surface area contributed by atoms with Crippen LogP contribution >= 0.6 is 0 Å². The summed E-state index contributed by atoms with van der Waals surface area (Å²) in [7, 11) is 1.41. The number of hydrogen-bond donors (Lipinski definition) is 2. The van der Waals surface area contributed by atoms with Crippen LogP contribution in [0.3, 0.4) is 0 Å². The summed E-state index contributed by atoms with van der Waals surface area (Å²) in [5.41, 5.74) is 8.24. The predicted octanol–water partition coefficient (Wildman–Crippen LogP) is 2.36. The first-order valence-corrected chi connectivity index (χ1v) is 11.6. The number of nitrogens with two attached hydrogens (primary N) is 1. The number of anilines is 2. The van der Waals surface area contributed by atoms with Crippen LogP contribution in [0.25, 0.3) is 16.6 Å². The van der Waals surface area contributed by atoms with Gasteiger partial charge in [0.25, 0.3) is 0 Å². The number of halogens is 1. The highest BCUT2D eigenvalue weighted by atomic mass is 19.1. The third-order valence-electron chi connectivity index (χ3n) is 7.01. The van der Waals surface area contributed by atoms with E-state index in [9.17, 15) is 9.50 Å². The van der Waals surface area contributed by atoms with Gasteiger partial charge in [-0.1, -0.05) is 0 Å². The van der Waals surface area contributed by atoms with Crippen molar-refractivity contribution in [2.45, 2.75) is 44.2 Å². The molecule has 1 aromatic carbocycles. The number of nitrogen functional groups attached to an aromatic ring is 1. The van der Waals surface area contributed by atoms with Crippen LogP contribution in [0.5, 0.6) is 5.75 Å². The van der Waals surface area contributed by atoms with Crippen molar-refractivity contribution in [1.82, 2.24) is 29.4 Å². The topological polar surface area (TPSA) is 120 Å². The maximum atomic E-state index is 14.4. The molecule has 3 N–H and O–H groups in total. The van der Waals surface area contributed by atoms with E-state index < -0.39 is 5.82 Å². The monoisotopic (exact) mass is 466 g/mol. The Morgan fingerprint density at radius 1 is 1.26 bits per heavy atom. The summed E-state index contributed by atoms with van der Waals surface area (Å²) >= 11 is 0. The van der Waals surface area contributed by atoms with Gasteiger partial charge in [-0.3, -0.25) is 4.68 Å². The van der Waals surface area contributed by atoms with Crippen LogP contribution in [-0.2, 0) is 6.54 Å². The normalized spacial score (nSPS) is 22.9. The van der Waals surface area contributed by atoms with E-state index >= 15 is 0 Å². The standard InChI is InChI=1S/C23H27FN8O2/c1-34-20-8-19-17(7-18(20)24)22-28-21(29-32(22)23(25)27-19)14-3-2-4-30(11-14)15-9-26-31(12-15)10-13-5-16(33)6-13/h7-9,12-14,16,33H,2-6,10-11H2,1H3,(H2,25,27)/t13-,14-,16+/m1/s1. The first-order chi connectivity index (χ1) is 16.5. The predicted molar refractivity (Wildman–Crippen MR) is 124 cm³/mol. The molecule has 34 heavy (non-hydrogen) atoms. The van der Waals surface area contributed by atoms with Crippen molar-refractivity contribution in [2.24, 2.45) is 5.92 Å². The number of methoxy groups -OCH3 is 1. The molecule has 0 amide bonds. The first kappa shape index (κ1) is 21.1. The Morgan fingerprint density at radius 2 is 2.12 bits per heavy atom. The summed E-state index contributed by atoms with van der Waals surface area (Å²) in [5.74, 6) is 1.11. The number of piperidine rings is 1. The van der Waals surface area contributed by atoms with Crippen molar-refractivity contribution in [3.05, 3.63) is 36.2 Å². The molecule has 1 aliphatic heterocycles. The lowest BCUT2D eigenvalue weighted by Gasteiger charge is -2.32. The fraction of sp³-hybridized carbons (Fsp3) is 0.478. The minimum absolute atomic E-state index is 0.108. The number of hydrogen-bond acceptors (Lipinski definition) is 8. The molecule has 1 saturated heterocycles. The number of benzene rings is 1. The smallest absolute Gasteiger partial charge is 0.223 e. The van der Waals surface area contributed by atoms with E-state index in [4.69, 9.17) is 15.5 Å². The maximum absolute atomic E-state index is 14.4. The Balaban J connectivity index is 1.26. The van der Waals surface area contributed by atoms with Gasteiger partial charge in [-0.2, -0.15) is 9.61 Å². The number of ether oxygens (including phenoxy) is 1. The molecule has 1 aliphatic carbocycles. The second kappa shape index (κ2) is 8.08. The summed E-state index contributed by atoms with van der Waals surface area (Å²) < 4.78 is 22.9. The highest BCUT2D eigenvalue weighted by Gasteiger charge is 2.29. The summed E-state index contributed by atoms with van der Waals surface area (Å²) in [4.78, 5) is 11.5. The average molecular weight is 467 g/mol. The van der Waals surface area contributed by atoms with E-state index in [0.29, 0.717) is 28.3 Å². The van der Waals surface area contributed by atoms with Crippen LogP contribution < -0.4 is 15.4 Å². The molecule has 178 valence electrons. The number of aliphatic hydroxyl groups is 1. The van der Waals surface area contributed by atoms with Crippen LogP contribution in [-0.4, -0.2) is 60.8 Å². The van der Waals surface area contributed by atoms with Crippen LogP contribution in [0, 0.1) is 11.7 Å². The molecule has 0 spiro atoms. The second-order valence-electron chi connectivity index (χ2n) is 9.38. The van der Waals surface area contributed by atoms with Gasteiger partial charge in [-0.25, -0.2) is 14.4 Å². The quantitative estimate of drug-likeness (QED) is 0.460. The van der Waals surface area contributed by atoms with Crippen molar-refractivity contribution in [2.75, 3.05) is 30.8 Å². The van der Waals surface area contributed by atoms with E-state index in [2.05, 4.69) is 26.3 Å².